The van der Waals surface area contributed by atoms with E-state index in [2.05, 4.69) is 15.1 Å². The van der Waals surface area contributed by atoms with Crippen LogP contribution in [0.4, 0.5) is 5.69 Å². The van der Waals surface area contributed by atoms with E-state index in [1.54, 1.807) is 19.2 Å². The number of thioether (sulfide) groups is 1. The van der Waals surface area contributed by atoms with Crippen LogP contribution < -0.4 is 15.1 Å². The van der Waals surface area contributed by atoms with Gasteiger partial charge in [-0.2, -0.15) is 0 Å². The Labute approximate surface area is 124 Å². The summed E-state index contributed by atoms with van der Waals surface area (Å²) in [7, 11) is 1.58. The van der Waals surface area contributed by atoms with Crippen molar-refractivity contribution in [2.45, 2.75) is 11.9 Å². The molecule has 2 rings (SSSR count). The van der Waals surface area contributed by atoms with Gasteiger partial charge in [0.2, 0.25) is 5.91 Å². The summed E-state index contributed by atoms with van der Waals surface area (Å²) in [5.74, 6) is -0.707. The van der Waals surface area contributed by atoms with Gasteiger partial charge >= 0.3 is 0 Å². The summed E-state index contributed by atoms with van der Waals surface area (Å²) in [6, 6.07) is 5.25. The highest BCUT2D eigenvalue weighted by atomic mass is 35.5. The Morgan fingerprint density at radius 3 is 3.00 bits per heavy atom. The van der Waals surface area contributed by atoms with Crippen LogP contribution in [0.15, 0.2) is 27.7 Å². The SMILES string of the molecule is Cc1ccc(Cl)cc1NC(=O)CSc1c([O-])on[n+]1C. The van der Waals surface area contributed by atoms with E-state index in [1.165, 1.54) is 4.68 Å². The lowest BCUT2D eigenvalue weighted by atomic mass is 10.2. The van der Waals surface area contributed by atoms with Gasteiger partial charge in [-0.15, -0.1) is 0 Å². The highest BCUT2D eigenvalue weighted by Crippen LogP contribution is 2.23. The van der Waals surface area contributed by atoms with Crippen LogP contribution in [0.2, 0.25) is 5.02 Å². The zero-order valence-corrected chi connectivity index (χ0v) is 12.4. The Bertz CT molecular complexity index is 625. The normalized spacial score (nSPS) is 10.6. The molecule has 1 heterocycles. The van der Waals surface area contributed by atoms with E-state index in [0.717, 1.165) is 17.3 Å². The minimum absolute atomic E-state index is 0.0796. The molecule has 20 heavy (non-hydrogen) atoms. The standard InChI is InChI=1S/C12H12ClN3O3S/c1-7-3-4-8(13)5-9(7)14-10(17)6-20-11-12(18)19-15-16(11)2/h3-5H,6H2,1-2H3,(H-,14,15,17,18). The van der Waals surface area contributed by atoms with Gasteiger partial charge in [-0.05, 0) is 36.4 Å². The number of anilines is 1. The first-order valence-electron chi connectivity index (χ1n) is 5.69. The summed E-state index contributed by atoms with van der Waals surface area (Å²) in [4.78, 5) is 11.9. The molecule has 1 aromatic carbocycles. The maximum absolute atomic E-state index is 11.9. The monoisotopic (exact) mass is 313 g/mol. The third-order valence-corrected chi connectivity index (χ3v) is 3.87. The summed E-state index contributed by atoms with van der Waals surface area (Å²) < 4.78 is 5.76. The summed E-state index contributed by atoms with van der Waals surface area (Å²) in [5, 5.41) is 18.3. The lowest BCUT2D eigenvalue weighted by Gasteiger charge is -2.08. The third-order valence-electron chi connectivity index (χ3n) is 2.53. The average molecular weight is 314 g/mol. The first kappa shape index (κ1) is 14.7. The Balaban J connectivity index is 1.98. The molecule has 1 N–H and O–H groups in total. The number of carbonyl (C=O) groups excluding carboxylic acids is 1. The third kappa shape index (κ3) is 3.43. The van der Waals surface area contributed by atoms with Crippen LogP contribution in [0.1, 0.15) is 5.56 Å². The van der Waals surface area contributed by atoms with Gasteiger partial charge in [0.15, 0.2) is 13.0 Å². The van der Waals surface area contributed by atoms with E-state index in [9.17, 15) is 9.90 Å². The zero-order chi connectivity index (χ0) is 14.7. The molecule has 0 saturated heterocycles. The molecule has 0 aliphatic heterocycles. The van der Waals surface area contributed by atoms with Crippen molar-refractivity contribution in [3.05, 3.63) is 28.8 Å². The smallest absolute Gasteiger partial charge is 0.291 e. The van der Waals surface area contributed by atoms with Crippen molar-refractivity contribution in [2.75, 3.05) is 11.1 Å². The molecule has 0 saturated carbocycles. The Morgan fingerprint density at radius 2 is 2.35 bits per heavy atom. The molecule has 106 valence electrons. The number of amides is 1. The topological polar surface area (TPSA) is 82.1 Å². The number of carbonyl (C=O) groups is 1. The number of nitrogens with one attached hydrogen (secondary N) is 1. The van der Waals surface area contributed by atoms with Crippen LogP contribution in [0.5, 0.6) is 5.95 Å². The van der Waals surface area contributed by atoms with Gasteiger partial charge in [0.25, 0.3) is 5.03 Å². The molecule has 0 atom stereocenters. The van der Waals surface area contributed by atoms with Crippen molar-refractivity contribution in [1.29, 1.82) is 0 Å². The number of aromatic nitrogens is 2. The maximum Gasteiger partial charge on any atom is 0.291 e. The molecular formula is C12H12ClN3O3S. The molecule has 0 unspecified atom stereocenters. The molecular weight excluding hydrogens is 302 g/mol. The van der Waals surface area contributed by atoms with Gasteiger partial charge in [0.1, 0.15) is 0 Å². The van der Waals surface area contributed by atoms with Crippen LogP contribution in [-0.2, 0) is 11.8 Å². The minimum atomic E-state index is -0.552. The number of hydrogen-bond donors (Lipinski definition) is 1. The second kappa shape index (κ2) is 6.15. The van der Waals surface area contributed by atoms with E-state index in [4.69, 9.17) is 11.6 Å². The fourth-order valence-corrected chi connectivity index (χ4v) is 2.40. The van der Waals surface area contributed by atoms with Gasteiger partial charge < -0.3 is 14.9 Å². The van der Waals surface area contributed by atoms with Crippen molar-refractivity contribution in [1.82, 2.24) is 5.27 Å². The van der Waals surface area contributed by atoms with Crippen LogP contribution >= 0.6 is 23.4 Å². The summed E-state index contributed by atoms with van der Waals surface area (Å²) >= 11 is 6.95. The van der Waals surface area contributed by atoms with Gasteiger partial charge in [0.05, 0.1) is 11.0 Å². The molecule has 0 radical (unpaired) electrons. The van der Waals surface area contributed by atoms with Crippen molar-refractivity contribution < 1.29 is 19.1 Å². The van der Waals surface area contributed by atoms with E-state index in [1.807, 2.05) is 13.0 Å². The highest BCUT2D eigenvalue weighted by molar-refractivity contribution is 7.99. The molecule has 0 spiro atoms. The summed E-state index contributed by atoms with van der Waals surface area (Å²) in [6.07, 6.45) is 0. The van der Waals surface area contributed by atoms with E-state index in [-0.39, 0.29) is 16.7 Å². The predicted octanol–water partition coefficient (Wildman–Crippen LogP) is 1.27. The Hall–Kier alpha value is -1.73. The Morgan fingerprint density at radius 1 is 1.60 bits per heavy atom. The van der Waals surface area contributed by atoms with Crippen LogP contribution in [0.25, 0.3) is 0 Å². The second-order valence-corrected chi connectivity index (χ2v) is 5.49. The van der Waals surface area contributed by atoms with Crippen LogP contribution in [0, 0.1) is 6.92 Å². The number of nitrogens with zero attached hydrogens (tertiary/aromatic N) is 2. The molecule has 1 amide bonds. The van der Waals surface area contributed by atoms with Crippen molar-refractivity contribution >= 4 is 35.0 Å². The zero-order valence-electron chi connectivity index (χ0n) is 10.8. The largest absolute Gasteiger partial charge is 0.538 e. The van der Waals surface area contributed by atoms with Crippen molar-refractivity contribution in [2.24, 2.45) is 7.05 Å². The van der Waals surface area contributed by atoms with E-state index in [0.29, 0.717) is 10.7 Å². The molecule has 6 nitrogen and oxygen atoms in total. The molecule has 0 aliphatic carbocycles. The van der Waals surface area contributed by atoms with Crippen LogP contribution in [0.3, 0.4) is 0 Å². The fourth-order valence-electron chi connectivity index (χ4n) is 1.51. The number of benzene rings is 1. The lowest BCUT2D eigenvalue weighted by Crippen LogP contribution is -2.32. The first-order valence-corrected chi connectivity index (χ1v) is 7.05. The maximum atomic E-state index is 11.9. The highest BCUT2D eigenvalue weighted by Gasteiger charge is 2.16. The lowest BCUT2D eigenvalue weighted by molar-refractivity contribution is -0.772. The predicted molar refractivity (Wildman–Crippen MR) is 72.7 cm³/mol. The van der Waals surface area contributed by atoms with Gasteiger partial charge in [-0.1, -0.05) is 22.3 Å². The molecule has 0 bridgehead atoms. The number of aryl methyl sites for hydroxylation is 2. The first-order chi connectivity index (χ1) is 9.47. The molecule has 1 aromatic heterocycles. The number of rotatable bonds is 4. The minimum Gasteiger partial charge on any atom is -0.538 e. The molecule has 2 aromatic rings. The number of halogens is 1. The fraction of sp³-hybridized carbons (Fsp3) is 0.250. The molecule has 8 heteroatoms. The second-order valence-electron chi connectivity index (χ2n) is 4.09. The Kier molecular flexibility index (Phi) is 4.51. The van der Waals surface area contributed by atoms with Gasteiger partial charge in [-0.3, -0.25) is 4.79 Å². The molecule has 0 aliphatic rings. The quantitative estimate of drug-likeness (QED) is 0.679. The van der Waals surface area contributed by atoms with Gasteiger partial charge in [0, 0.05) is 10.7 Å². The summed E-state index contributed by atoms with van der Waals surface area (Å²) in [5.41, 5.74) is 1.56. The average Bonchev–Trinajstić information content (AvgIpc) is 2.71. The molecule has 0 fully saturated rings. The van der Waals surface area contributed by atoms with Crippen LogP contribution in [-0.4, -0.2) is 16.9 Å². The van der Waals surface area contributed by atoms with E-state index >= 15 is 0 Å². The van der Waals surface area contributed by atoms with Crippen molar-refractivity contribution in [3.8, 4) is 5.95 Å². The van der Waals surface area contributed by atoms with Crippen molar-refractivity contribution in [3.63, 3.8) is 0 Å². The number of hydrogen-bond acceptors (Lipinski definition) is 5. The summed E-state index contributed by atoms with van der Waals surface area (Å²) in [6.45, 7) is 1.87. The van der Waals surface area contributed by atoms with Gasteiger partial charge in [-0.25, -0.2) is 0 Å². The van der Waals surface area contributed by atoms with E-state index < -0.39 is 5.95 Å².